The Bertz CT molecular complexity index is 800. The van der Waals surface area contributed by atoms with Crippen molar-refractivity contribution in [3.63, 3.8) is 0 Å². The third-order valence-corrected chi connectivity index (χ3v) is 4.24. The van der Waals surface area contributed by atoms with Crippen LogP contribution in [0, 0.1) is 0 Å². The van der Waals surface area contributed by atoms with E-state index in [0.29, 0.717) is 5.06 Å². The van der Waals surface area contributed by atoms with Gasteiger partial charge in [0.1, 0.15) is 24.4 Å². The van der Waals surface area contributed by atoms with Crippen molar-refractivity contribution in [3.8, 4) is 5.75 Å². The van der Waals surface area contributed by atoms with Crippen molar-refractivity contribution in [1.29, 1.82) is 0 Å². The fourth-order valence-corrected chi connectivity index (χ4v) is 3.04. The molecule has 27 heavy (non-hydrogen) atoms. The molecule has 0 radical (unpaired) electrons. The number of amides is 2. The minimum absolute atomic E-state index is 0. The van der Waals surface area contributed by atoms with Gasteiger partial charge in [0.15, 0.2) is 0 Å². The molecule has 3 rings (SSSR count). The van der Waals surface area contributed by atoms with E-state index < -0.39 is 35.5 Å². The summed E-state index contributed by atoms with van der Waals surface area (Å²) < 4.78 is 4.81. The van der Waals surface area contributed by atoms with Crippen molar-refractivity contribution in [2.75, 3.05) is 11.5 Å². The van der Waals surface area contributed by atoms with Crippen molar-refractivity contribution in [3.05, 3.63) is 24.3 Å². The number of hydroxylamine groups is 2. The van der Waals surface area contributed by atoms with E-state index in [9.17, 15) is 29.4 Å². The summed E-state index contributed by atoms with van der Waals surface area (Å²) in [5, 5.41) is 22.0. The maximum absolute atomic E-state index is 12.8. The zero-order valence-electron chi connectivity index (χ0n) is 14.7. The largest absolute Gasteiger partial charge is 1.00 e. The molecule has 11 heteroatoms. The van der Waals surface area contributed by atoms with Gasteiger partial charge in [-0.25, -0.2) is 0 Å². The fourth-order valence-electron chi connectivity index (χ4n) is 3.04. The molecule has 10 nitrogen and oxygen atoms in total. The Hall–Kier alpha value is -2.14. The Morgan fingerprint density at radius 1 is 1.33 bits per heavy atom. The van der Waals surface area contributed by atoms with E-state index in [1.54, 1.807) is 12.1 Å². The average molecular weight is 386 g/mol. The van der Waals surface area contributed by atoms with E-state index in [2.05, 4.69) is 0 Å². The van der Waals surface area contributed by atoms with Gasteiger partial charge in [0, 0.05) is 13.3 Å². The van der Waals surface area contributed by atoms with E-state index in [0.717, 1.165) is 4.90 Å². The number of hydrogen-bond acceptors (Lipinski definition) is 8. The molecule has 2 amide bonds. The molecule has 2 aliphatic heterocycles. The average Bonchev–Trinajstić information content (AvgIpc) is 3.14. The Morgan fingerprint density at radius 3 is 2.52 bits per heavy atom. The van der Waals surface area contributed by atoms with Crippen LogP contribution in [0.25, 0.3) is 0 Å². The number of phenols is 1. The number of ether oxygens (including phenoxy) is 1. The number of carboxylic acid groups (broad SMARTS) is 1. The summed E-state index contributed by atoms with van der Waals surface area (Å²) in [6.45, 7) is 0.811. The van der Waals surface area contributed by atoms with Gasteiger partial charge in [-0.05, 0) is 12.1 Å². The molecule has 2 fully saturated rings. The van der Waals surface area contributed by atoms with E-state index in [1.165, 1.54) is 19.1 Å². The summed E-state index contributed by atoms with van der Waals surface area (Å²) in [6.07, 6.45) is -0.551. The molecule has 2 atom stereocenters. The SMILES string of the molecule is CC(=O)N(c1ccccc1O)[C@H]1CON(C2(C(=O)[O-])CCC(=O)O2)C1=O.[Na+]. The zero-order chi connectivity index (χ0) is 19.1. The molecule has 0 aliphatic carbocycles. The Labute approximate surface area is 175 Å². The van der Waals surface area contributed by atoms with E-state index >= 15 is 0 Å². The topological polar surface area (TPSA) is 137 Å². The molecule has 1 aromatic rings. The normalized spacial score (nSPS) is 24.3. The van der Waals surface area contributed by atoms with Crippen molar-refractivity contribution < 1.29 is 68.5 Å². The van der Waals surface area contributed by atoms with Gasteiger partial charge < -0.3 is 19.7 Å². The van der Waals surface area contributed by atoms with E-state index in [1.807, 2.05) is 0 Å². The third-order valence-electron chi connectivity index (χ3n) is 4.24. The van der Waals surface area contributed by atoms with Gasteiger partial charge in [-0.15, -0.1) is 0 Å². The van der Waals surface area contributed by atoms with Gasteiger partial charge >= 0.3 is 35.5 Å². The summed E-state index contributed by atoms with van der Waals surface area (Å²) in [6, 6.07) is 4.63. The minimum Gasteiger partial charge on any atom is -0.544 e. The maximum atomic E-state index is 12.8. The van der Waals surface area contributed by atoms with Crippen LogP contribution in [-0.2, 0) is 28.8 Å². The number of para-hydroxylation sites is 2. The first-order chi connectivity index (χ1) is 12.3. The number of carboxylic acids is 1. The molecular formula is C16H15N2NaO8. The van der Waals surface area contributed by atoms with Gasteiger partial charge in [0.25, 0.3) is 11.6 Å². The monoisotopic (exact) mass is 386 g/mol. The standard InChI is InChI=1S/C16H16N2O8.Na/c1-9(19)17(10-4-2-3-5-12(10)20)11-8-25-18(14(11)22)16(15(23)24)7-6-13(21)26-16;/h2-5,11,20H,6-8H2,1H3,(H,23,24);/q;+1/p-1/t11-,16?;/m0./s1. The zero-order valence-corrected chi connectivity index (χ0v) is 16.7. The van der Waals surface area contributed by atoms with Crippen LogP contribution in [-0.4, -0.2) is 52.3 Å². The van der Waals surface area contributed by atoms with Crippen LogP contribution in [0.1, 0.15) is 19.8 Å². The van der Waals surface area contributed by atoms with Crippen LogP contribution in [0.5, 0.6) is 5.75 Å². The van der Waals surface area contributed by atoms with Crippen molar-refractivity contribution in [1.82, 2.24) is 5.06 Å². The summed E-state index contributed by atoms with van der Waals surface area (Å²) in [7, 11) is 0. The quantitative estimate of drug-likeness (QED) is 0.405. The van der Waals surface area contributed by atoms with Crippen LogP contribution in [0.4, 0.5) is 5.69 Å². The van der Waals surface area contributed by atoms with Crippen molar-refractivity contribution in [2.24, 2.45) is 0 Å². The number of aromatic hydroxyl groups is 1. The maximum Gasteiger partial charge on any atom is 1.00 e. The first-order valence-electron chi connectivity index (χ1n) is 7.76. The second kappa shape index (κ2) is 7.85. The third kappa shape index (κ3) is 3.53. The molecule has 0 bridgehead atoms. The number of carbonyl (C=O) groups excluding carboxylic acids is 4. The number of carbonyl (C=O) groups is 4. The number of aliphatic carboxylic acids is 1. The molecule has 138 valence electrons. The van der Waals surface area contributed by atoms with Crippen LogP contribution in [0.2, 0.25) is 0 Å². The first kappa shape index (κ1) is 21.2. The minimum atomic E-state index is -2.37. The van der Waals surface area contributed by atoms with Gasteiger partial charge in [-0.1, -0.05) is 12.1 Å². The number of cyclic esters (lactones) is 1. The van der Waals surface area contributed by atoms with Gasteiger partial charge in [0.2, 0.25) is 5.91 Å². The Morgan fingerprint density at radius 2 is 2.00 bits per heavy atom. The second-order valence-electron chi connectivity index (χ2n) is 5.87. The van der Waals surface area contributed by atoms with Gasteiger partial charge in [-0.3, -0.25) is 24.1 Å². The van der Waals surface area contributed by atoms with Crippen LogP contribution < -0.4 is 39.6 Å². The Balaban J connectivity index is 0.00000261. The van der Waals surface area contributed by atoms with Gasteiger partial charge in [0.05, 0.1) is 12.1 Å². The molecule has 0 saturated carbocycles. The molecule has 2 heterocycles. The molecule has 1 N–H and O–H groups in total. The number of rotatable bonds is 4. The van der Waals surface area contributed by atoms with Gasteiger partial charge in [-0.2, -0.15) is 5.06 Å². The predicted molar refractivity (Wildman–Crippen MR) is 80.9 cm³/mol. The number of phenolic OH excluding ortho intramolecular Hbond substituents is 1. The summed E-state index contributed by atoms with van der Waals surface area (Å²) in [4.78, 5) is 54.0. The summed E-state index contributed by atoms with van der Waals surface area (Å²) in [5.74, 6) is -4.31. The molecule has 1 aromatic carbocycles. The number of nitrogens with zero attached hydrogens (tertiary/aromatic N) is 2. The smallest absolute Gasteiger partial charge is 0.544 e. The molecular weight excluding hydrogens is 371 g/mol. The van der Waals surface area contributed by atoms with Crippen LogP contribution in [0.15, 0.2) is 24.3 Å². The first-order valence-corrected chi connectivity index (χ1v) is 7.76. The molecule has 1 unspecified atom stereocenters. The predicted octanol–water partition coefficient (Wildman–Crippen LogP) is -4.33. The van der Waals surface area contributed by atoms with Crippen LogP contribution in [0.3, 0.4) is 0 Å². The summed E-state index contributed by atoms with van der Waals surface area (Å²) >= 11 is 0. The molecule has 0 spiro atoms. The Kier molecular flexibility index (Phi) is 6.15. The fraction of sp³-hybridized carbons (Fsp3) is 0.375. The number of anilines is 1. The van der Waals surface area contributed by atoms with Crippen molar-refractivity contribution in [2.45, 2.75) is 31.5 Å². The molecule has 0 aromatic heterocycles. The number of esters is 1. The molecule has 2 saturated heterocycles. The molecule has 2 aliphatic rings. The van der Waals surface area contributed by atoms with E-state index in [4.69, 9.17) is 9.57 Å². The second-order valence-corrected chi connectivity index (χ2v) is 5.87. The summed E-state index contributed by atoms with van der Waals surface area (Å²) in [5.41, 5.74) is -2.31. The number of hydrogen-bond donors (Lipinski definition) is 1. The van der Waals surface area contributed by atoms with E-state index in [-0.39, 0.29) is 60.4 Å². The van der Waals surface area contributed by atoms with Crippen LogP contribution >= 0.6 is 0 Å². The van der Waals surface area contributed by atoms with Crippen molar-refractivity contribution >= 4 is 29.4 Å². The number of benzene rings is 1.